The van der Waals surface area contributed by atoms with Crippen molar-refractivity contribution < 1.29 is 33.3 Å². The summed E-state index contributed by atoms with van der Waals surface area (Å²) in [6, 6.07) is 16.9. The number of hydrogen-bond donors (Lipinski definition) is 0. The Morgan fingerprint density at radius 3 is 2.28 bits per heavy atom. The smallest absolute Gasteiger partial charge is 0.333 e. The van der Waals surface area contributed by atoms with Crippen LogP contribution in [0.5, 0.6) is 5.75 Å². The average Bonchev–Trinajstić information content (AvgIpc) is 2.89. The number of hydrogen-bond acceptors (Lipinski definition) is 8. The predicted octanol–water partition coefficient (Wildman–Crippen LogP) is 4.53. The van der Waals surface area contributed by atoms with Gasteiger partial charge in [-0.3, -0.25) is 9.69 Å². The number of carbonyl (C=O) groups is 2. The Kier molecular flexibility index (Phi) is 10.9. The van der Waals surface area contributed by atoms with E-state index in [-0.39, 0.29) is 5.97 Å². The maximum absolute atomic E-state index is 12.5. The fraction of sp³-hybridized carbons (Fsp3) is 0.429. The van der Waals surface area contributed by atoms with E-state index in [1.165, 1.54) is 6.08 Å². The topological polar surface area (TPSA) is 83.5 Å². The van der Waals surface area contributed by atoms with E-state index in [4.69, 9.17) is 23.7 Å². The minimum Gasteiger partial charge on any atom is -0.478 e. The molecular weight excluding hydrogens is 462 g/mol. The molecule has 0 spiro atoms. The molecule has 1 aliphatic rings. The third-order valence-corrected chi connectivity index (χ3v) is 5.64. The van der Waals surface area contributed by atoms with Gasteiger partial charge in [-0.25, -0.2) is 4.79 Å². The number of esters is 2. The molecule has 2 aromatic rings. The largest absolute Gasteiger partial charge is 0.478 e. The number of fused-ring (bicyclic) bond motifs is 1. The summed E-state index contributed by atoms with van der Waals surface area (Å²) in [7, 11) is 0. The SMILES string of the molecule is CC(OCCCCOC(C)OC(=O)C(C)N1COc2ccccc2C1)OC(=O)/C=C/c1ccccc1. The molecule has 1 heterocycles. The van der Waals surface area contributed by atoms with Gasteiger partial charge in [-0.15, -0.1) is 0 Å². The Morgan fingerprint density at radius 1 is 0.917 bits per heavy atom. The van der Waals surface area contributed by atoms with Crippen LogP contribution in [-0.2, 0) is 35.1 Å². The fourth-order valence-corrected chi connectivity index (χ4v) is 3.55. The van der Waals surface area contributed by atoms with E-state index >= 15 is 0 Å². The summed E-state index contributed by atoms with van der Waals surface area (Å²) in [5, 5.41) is 0. The molecule has 0 fully saturated rings. The van der Waals surface area contributed by atoms with Gasteiger partial charge in [0.2, 0.25) is 0 Å². The first kappa shape index (κ1) is 27.4. The summed E-state index contributed by atoms with van der Waals surface area (Å²) >= 11 is 0. The number of ether oxygens (including phenoxy) is 5. The molecule has 0 radical (unpaired) electrons. The standard InChI is InChI=1S/C28H35NO7/c1-21(29-19-25-13-7-8-14-26(25)34-20-29)28(31)36-23(3)33-18-10-9-17-32-22(2)35-27(30)16-15-24-11-5-4-6-12-24/h4-8,11-16,21-23H,9-10,17-20H2,1-3H3/b16-15+. The molecule has 0 saturated heterocycles. The lowest BCUT2D eigenvalue weighted by molar-refractivity contribution is -0.182. The second-order valence-electron chi connectivity index (χ2n) is 8.51. The van der Waals surface area contributed by atoms with Gasteiger partial charge < -0.3 is 23.7 Å². The first-order valence-electron chi connectivity index (χ1n) is 12.2. The van der Waals surface area contributed by atoms with Crippen molar-refractivity contribution in [3.8, 4) is 5.75 Å². The molecule has 0 N–H and O–H groups in total. The van der Waals surface area contributed by atoms with E-state index < -0.39 is 24.6 Å². The van der Waals surface area contributed by atoms with Gasteiger partial charge in [0, 0.05) is 18.2 Å². The van der Waals surface area contributed by atoms with Crippen LogP contribution in [-0.4, -0.2) is 55.4 Å². The van der Waals surface area contributed by atoms with E-state index in [1.54, 1.807) is 26.8 Å². The predicted molar refractivity (Wildman–Crippen MR) is 135 cm³/mol. The number of carbonyl (C=O) groups excluding carboxylic acids is 2. The van der Waals surface area contributed by atoms with Gasteiger partial charge in [-0.05, 0) is 51.3 Å². The second kappa shape index (κ2) is 14.4. The molecule has 0 aliphatic carbocycles. The normalized spacial score (nSPS) is 16.0. The van der Waals surface area contributed by atoms with E-state index in [1.807, 2.05) is 59.5 Å². The maximum Gasteiger partial charge on any atom is 0.333 e. The number of unbranched alkanes of at least 4 members (excludes halogenated alkanes) is 1. The fourth-order valence-electron chi connectivity index (χ4n) is 3.55. The van der Waals surface area contributed by atoms with Gasteiger partial charge in [0.15, 0.2) is 12.6 Å². The molecule has 0 saturated carbocycles. The Balaban J connectivity index is 1.24. The van der Waals surface area contributed by atoms with Gasteiger partial charge in [-0.1, -0.05) is 48.5 Å². The van der Waals surface area contributed by atoms with Crippen LogP contribution >= 0.6 is 0 Å². The van der Waals surface area contributed by atoms with Crippen LogP contribution in [0.2, 0.25) is 0 Å². The lowest BCUT2D eigenvalue weighted by Gasteiger charge is -2.32. The highest BCUT2D eigenvalue weighted by Crippen LogP contribution is 2.25. The summed E-state index contributed by atoms with van der Waals surface area (Å²) in [6.45, 7) is 6.97. The van der Waals surface area contributed by atoms with Crippen LogP contribution in [0.3, 0.4) is 0 Å². The van der Waals surface area contributed by atoms with Crippen LogP contribution in [0.25, 0.3) is 6.08 Å². The minimum absolute atomic E-state index is 0.333. The molecule has 36 heavy (non-hydrogen) atoms. The number of benzene rings is 2. The second-order valence-corrected chi connectivity index (χ2v) is 8.51. The summed E-state index contributed by atoms with van der Waals surface area (Å²) in [5.74, 6) is 0.0353. The Morgan fingerprint density at radius 2 is 1.56 bits per heavy atom. The third-order valence-electron chi connectivity index (χ3n) is 5.64. The van der Waals surface area contributed by atoms with E-state index in [2.05, 4.69) is 0 Å². The summed E-state index contributed by atoms with van der Waals surface area (Å²) in [4.78, 5) is 26.3. The van der Waals surface area contributed by atoms with Crippen molar-refractivity contribution in [2.75, 3.05) is 19.9 Å². The maximum atomic E-state index is 12.5. The molecule has 3 rings (SSSR count). The van der Waals surface area contributed by atoms with E-state index in [0.29, 0.717) is 39.3 Å². The molecule has 0 bridgehead atoms. The van der Waals surface area contributed by atoms with E-state index in [0.717, 1.165) is 16.9 Å². The number of rotatable bonds is 13. The third kappa shape index (κ3) is 9.11. The minimum atomic E-state index is -0.657. The highest BCUT2D eigenvalue weighted by Gasteiger charge is 2.28. The molecule has 8 heteroatoms. The quantitative estimate of drug-likeness (QED) is 0.173. The van der Waals surface area contributed by atoms with Crippen molar-refractivity contribution in [1.29, 1.82) is 0 Å². The van der Waals surface area contributed by atoms with Crippen molar-refractivity contribution in [3.05, 3.63) is 71.8 Å². The van der Waals surface area contributed by atoms with Crippen molar-refractivity contribution >= 4 is 18.0 Å². The summed E-state index contributed by atoms with van der Waals surface area (Å²) < 4.78 is 27.5. The molecule has 0 aromatic heterocycles. The van der Waals surface area contributed by atoms with Crippen molar-refractivity contribution in [2.45, 2.75) is 58.8 Å². The number of para-hydroxylation sites is 1. The molecule has 194 valence electrons. The lowest BCUT2D eigenvalue weighted by Crippen LogP contribution is -2.44. The number of nitrogens with zero attached hydrogens (tertiary/aromatic N) is 1. The average molecular weight is 498 g/mol. The lowest BCUT2D eigenvalue weighted by atomic mass is 10.1. The Hall–Kier alpha value is -3.20. The first-order chi connectivity index (χ1) is 17.4. The summed E-state index contributed by atoms with van der Waals surface area (Å²) in [6.07, 6.45) is 3.19. The molecule has 8 nitrogen and oxygen atoms in total. The Bertz CT molecular complexity index is 994. The van der Waals surface area contributed by atoms with Gasteiger partial charge in [0.05, 0.1) is 13.2 Å². The van der Waals surface area contributed by atoms with Crippen LogP contribution in [0.4, 0.5) is 0 Å². The zero-order chi connectivity index (χ0) is 25.8. The van der Waals surface area contributed by atoms with Gasteiger partial charge in [-0.2, -0.15) is 0 Å². The molecule has 1 aliphatic heterocycles. The van der Waals surface area contributed by atoms with Crippen LogP contribution in [0.15, 0.2) is 60.7 Å². The highest BCUT2D eigenvalue weighted by molar-refractivity contribution is 5.87. The molecule has 0 amide bonds. The first-order valence-corrected chi connectivity index (χ1v) is 12.2. The monoisotopic (exact) mass is 497 g/mol. The van der Waals surface area contributed by atoms with Crippen LogP contribution in [0, 0.1) is 0 Å². The van der Waals surface area contributed by atoms with Gasteiger partial charge in [0.1, 0.15) is 18.5 Å². The zero-order valence-electron chi connectivity index (χ0n) is 21.1. The Labute approximate surface area is 212 Å². The zero-order valence-corrected chi connectivity index (χ0v) is 21.1. The van der Waals surface area contributed by atoms with Crippen LogP contribution < -0.4 is 4.74 Å². The van der Waals surface area contributed by atoms with Crippen molar-refractivity contribution in [2.24, 2.45) is 0 Å². The van der Waals surface area contributed by atoms with Crippen molar-refractivity contribution in [3.63, 3.8) is 0 Å². The van der Waals surface area contributed by atoms with E-state index in [9.17, 15) is 9.59 Å². The molecule has 3 unspecified atom stereocenters. The summed E-state index contributed by atoms with van der Waals surface area (Å²) in [5.41, 5.74) is 1.96. The van der Waals surface area contributed by atoms with Crippen molar-refractivity contribution in [1.82, 2.24) is 4.90 Å². The molecule has 2 aromatic carbocycles. The molecular formula is C28H35NO7. The van der Waals surface area contributed by atoms with Gasteiger partial charge in [0.25, 0.3) is 0 Å². The van der Waals surface area contributed by atoms with Gasteiger partial charge >= 0.3 is 11.9 Å². The molecule has 3 atom stereocenters. The van der Waals surface area contributed by atoms with Crippen LogP contribution in [0.1, 0.15) is 44.7 Å². The highest BCUT2D eigenvalue weighted by atomic mass is 16.7.